The van der Waals surface area contributed by atoms with Crippen LogP contribution in [0.15, 0.2) is 24.3 Å². The highest BCUT2D eigenvalue weighted by atomic mass is 16.5. The van der Waals surface area contributed by atoms with E-state index in [-0.39, 0.29) is 5.60 Å². The molecule has 2 saturated heterocycles. The minimum absolute atomic E-state index is 0.252. The minimum atomic E-state index is -0.252. The number of hydrogen-bond donors (Lipinski definition) is 2. The van der Waals surface area contributed by atoms with E-state index in [1.54, 1.807) is 4.57 Å². The number of fused-ring (bicyclic) bond motifs is 1. The van der Waals surface area contributed by atoms with E-state index in [0.29, 0.717) is 42.9 Å². The van der Waals surface area contributed by atoms with Gasteiger partial charge in [0.2, 0.25) is 11.9 Å². The van der Waals surface area contributed by atoms with Crippen LogP contribution in [-0.2, 0) is 9.47 Å². The predicted molar refractivity (Wildman–Crippen MR) is 121 cm³/mol. The molecule has 10 heteroatoms. The number of nitrogens with two attached hydrogens (primary N) is 2. The topological polar surface area (TPSA) is 121 Å². The molecular formula is C21H28N8O2. The SMILES string of the molecule is CC1(C)CN(c2cc(N3CCOCC3)nc(-n3c(N)nc4c(N)cccc43)n2)CCO1. The number of morpholine rings is 2. The molecule has 0 spiro atoms. The Kier molecular flexibility index (Phi) is 4.82. The quantitative estimate of drug-likeness (QED) is 0.602. The second-order valence-electron chi connectivity index (χ2n) is 8.53. The van der Waals surface area contributed by atoms with E-state index in [0.717, 1.165) is 43.3 Å². The smallest absolute Gasteiger partial charge is 0.241 e. The van der Waals surface area contributed by atoms with Gasteiger partial charge in [-0.25, -0.2) is 9.55 Å². The summed E-state index contributed by atoms with van der Waals surface area (Å²) in [7, 11) is 0. The van der Waals surface area contributed by atoms with Crippen molar-refractivity contribution in [1.82, 2.24) is 19.5 Å². The molecule has 164 valence electrons. The Balaban J connectivity index is 1.65. The van der Waals surface area contributed by atoms with Crippen molar-refractivity contribution in [2.24, 2.45) is 0 Å². The maximum Gasteiger partial charge on any atom is 0.241 e. The first-order valence-electron chi connectivity index (χ1n) is 10.5. The molecule has 10 nitrogen and oxygen atoms in total. The molecule has 0 radical (unpaired) electrons. The molecule has 4 N–H and O–H groups in total. The summed E-state index contributed by atoms with van der Waals surface area (Å²) in [6.45, 7) is 9.22. The maximum absolute atomic E-state index is 6.30. The van der Waals surface area contributed by atoms with E-state index in [1.165, 1.54) is 0 Å². The molecule has 0 unspecified atom stereocenters. The molecule has 0 bridgehead atoms. The normalized spacial score (nSPS) is 19.2. The van der Waals surface area contributed by atoms with Crippen LogP contribution in [0.1, 0.15) is 13.8 Å². The van der Waals surface area contributed by atoms with Gasteiger partial charge in [-0.1, -0.05) is 6.07 Å². The third kappa shape index (κ3) is 3.72. The van der Waals surface area contributed by atoms with Gasteiger partial charge in [0.05, 0.1) is 36.6 Å². The van der Waals surface area contributed by atoms with Crippen molar-refractivity contribution in [1.29, 1.82) is 0 Å². The molecule has 0 aliphatic carbocycles. The Labute approximate surface area is 180 Å². The zero-order valence-corrected chi connectivity index (χ0v) is 17.9. The number of nitrogen functional groups attached to an aromatic ring is 2. The van der Waals surface area contributed by atoms with Crippen molar-refractivity contribution < 1.29 is 9.47 Å². The van der Waals surface area contributed by atoms with Crippen LogP contribution >= 0.6 is 0 Å². The van der Waals surface area contributed by atoms with Gasteiger partial charge in [0.1, 0.15) is 17.2 Å². The van der Waals surface area contributed by atoms with Gasteiger partial charge in [-0.3, -0.25) is 0 Å². The number of ether oxygens (including phenoxy) is 2. The number of nitrogens with zero attached hydrogens (tertiary/aromatic N) is 6. The summed E-state index contributed by atoms with van der Waals surface area (Å²) in [5.74, 6) is 2.47. The van der Waals surface area contributed by atoms with Crippen molar-refractivity contribution in [3.63, 3.8) is 0 Å². The molecule has 0 amide bonds. The monoisotopic (exact) mass is 424 g/mol. The van der Waals surface area contributed by atoms with E-state index >= 15 is 0 Å². The molecule has 0 atom stereocenters. The third-order valence-corrected chi connectivity index (χ3v) is 5.71. The Hall–Kier alpha value is -3.11. The summed E-state index contributed by atoms with van der Waals surface area (Å²) in [4.78, 5) is 18.7. The van der Waals surface area contributed by atoms with E-state index in [4.69, 9.17) is 30.9 Å². The largest absolute Gasteiger partial charge is 0.397 e. The molecular weight excluding hydrogens is 396 g/mol. The zero-order valence-electron chi connectivity index (χ0n) is 17.9. The van der Waals surface area contributed by atoms with Gasteiger partial charge < -0.3 is 30.7 Å². The molecule has 31 heavy (non-hydrogen) atoms. The van der Waals surface area contributed by atoms with E-state index in [1.807, 2.05) is 24.3 Å². The fourth-order valence-electron chi connectivity index (χ4n) is 4.19. The fourth-order valence-corrected chi connectivity index (χ4v) is 4.19. The first-order chi connectivity index (χ1) is 14.9. The van der Waals surface area contributed by atoms with Crippen LogP contribution in [0.5, 0.6) is 0 Å². The molecule has 2 fully saturated rings. The number of rotatable bonds is 3. The molecule has 5 rings (SSSR count). The molecule has 3 aromatic rings. The summed E-state index contributed by atoms with van der Waals surface area (Å²) in [6, 6.07) is 7.66. The van der Waals surface area contributed by atoms with E-state index < -0.39 is 0 Å². The molecule has 0 saturated carbocycles. The van der Waals surface area contributed by atoms with E-state index in [2.05, 4.69) is 28.6 Å². The Morgan fingerprint density at radius 1 is 0.935 bits per heavy atom. The van der Waals surface area contributed by atoms with E-state index in [9.17, 15) is 0 Å². The van der Waals surface area contributed by atoms with Crippen LogP contribution in [0.2, 0.25) is 0 Å². The highest BCUT2D eigenvalue weighted by Gasteiger charge is 2.29. The average Bonchev–Trinajstić information content (AvgIpc) is 3.10. The van der Waals surface area contributed by atoms with Crippen LogP contribution in [-0.4, -0.2) is 71.1 Å². The Morgan fingerprint density at radius 3 is 2.39 bits per heavy atom. The van der Waals surface area contributed by atoms with Crippen LogP contribution in [0.3, 0.4) is 0 Å². The van der Waals surface area contributed by atoms with Crippen molar-refractivity contribution in [2.45, 2.75) is 19.4 Å². The van der Waals surface area contributed by atoms with Crippen molar-refractivity contribution >= 4 is 34.3 Å². The first kappa shape index (κ1) is 19.8. The number of para-hydroxylation sites is 1. The van der Waals surface area contributed by atoms with Gasteiger partial charge >= 0.3 is 0 Å². The van der Waals surface area contributed by atoms with Gasteiger partial charge in [0.15, 0.2) is 0 Å². The lowest BCUT2D eigenvalue weighted by Crippen LogP contribution is -2.48. The molecule has 4 heterocycles. The van der Waals surface area contributed by atoms with Gasteiger partial charge in [0.25, 0.3) is 0 Å². The van der Waals surface area contributed by atoms with Gasteiger partial charge in [-0.05, 0) is 26.0 Å². The van der Waals surface area contributed by atoms with Crippen molar-refractivity contribution in [3.05, 3.63) is 24.3 Å². The van der Waals surface area contributed by atoms with Crippen molar-refractivity contribution in [3.8, 4) is 5.95 Å². The van der Waals surface area contributed by atoms with Gasteiger partial charge in [-0.15, -0.1) is 0 Å². The summed E-state index contributed by atoms with van der Waals surface area (Å²) in [5.41, 5.74) is 14.2. The Bertz CT molecular complexity index is 1110. The molecule has 2 aliphatic heterocycles. The van der Waals surface area contributed by atoms with Crippen LogP contribution in [0.4, 0.5) is 23.3 Å². The number of imidazole rings is 1. The van der Waals surface area contributed by atoms with Crippen LogP contribution in [0.25, 0.3) is 17.0 Å². The second kappa shape index (κ2) is 7.54. The summed E-state index contributed by atoms with van der Waals surface area (Å²) in [6.07, 6.45) is 0. The second-order valence-corrected chi connectivity index (χ2v) is 8.53. The predicted octanol–water partition coefficient (Wildman–Crippen LogP) is 1.43. The lowest BCUT2D eigenvalue weighted by Gasteiger charge is -2.39. The zero-order chi connectivity index (χ0) is 21.6. The molecule has 2 aliphatic rings. The van der Waals surface area contributed by atoms with Crippen LogP contribution in [0, 0.1) is 0 Å². The third-order valence-electron chi connectivity index (χ3n) is 5.71. The summed E-state index contributed by atoms with van der Waals surface area (Å²) in [5, 5.41) is 0. The number of anilines is 4. The highest BCUT2D eigenvalue weighted by molar-refractivity contribution is 5.90. The maximum atomic E-state index is 6.30. The highest BCUT2D eigenvalue weighted by Crippen LogP contribution is 2.30. The van der Waals surface area contributed by atoms with Crippen LogP contribution < -0.4 is 21.3 Å². The number of hydrogen-bond acceptors (Lipinski definition) is 9. The average molecular weight is 425 g/mol. The van der Waals surface area contributed by atoms with Gasteiger partial charge in [0, 0.05) is 32.2 Å². The Morgan fingerprint density at radius 2 is 1.65 bits per heavy atom. The minimum Gasteiger partial charge on any atom is -0.397 e. The standard InChI is InChI=1S/C21H28N8O2/c1-21(2)13-28(8-11-31-21)17-12-16(27-6-9-30-10-7-27)24-20(25-17)29-15-5-3-4-14(22)18(15)26-19(29)23/h3-5,12H,6-11,13,22H2,1-2H3,(H2,23,26). The molecule has 2 aromatic heterocycles. The van der Waals surface area contributed by atoms with Gasteiger partial charge in [-0.2, -0.15) is 9.97 Å². The lowest BCUT2D eigenvalue weighted by atomic mass is 10.1. The fraction of sp³-hybridized carbons (Fsp3) is 0.476. The summed E-state index contributed by atoms with van der Waals surface area (Å²) >= 11 is 0. The summed E-state index contributed by atoms with van der Waals surface area (Å²) < 4.78 is 13.2. The first-order valence-corrected chi connectivity index (χ1v) is 10.5. The van der Waals surface area contributed by atoms with Crippen molar-refractivity contribution in [2.75, 3.05) is 67.3 Å². The number of benzene rings is 1. The lowest BCUT2D eigenvalue weighted by molar-refractivity contribution is -0.0279. The number of aromatic nitrogens is 4. The molecule has 1 aromatic carbocycles.